The number of benzene rings is 2. The fourth-order valence-electron chi connectivity index (χ4n) is 2.84. The summed E-state index contributed by atoms with van der Waals surface area (Å²) in [4.78, 5) is 37.4. The van der Waals surface area contributed by atoms with Crippen LogP contribution >= 0.6 is 0 Å². The van der Waals surface area contributed by atoms with E-state index in [-0.39, 0.29) is 17.2 Å². The predicted molar refractivity (Wildman–Crippen MR) is 103 cm³/mol. The Bertz CT molecular complexity index is 1080. The number of nitrogens with zero attached hydrogens (tertiary/aromatic N) is 1. The molecule has 3 rings (SSSR count). The Morgan fingerprint density at radius 2 is 1.94 bits per heavy atom. The summed E-state index contributed by atoms with van der Waals surface area (Å²) in [6, 6.07) is 7.67. The lowest BCUT2D eigenvalue weighted by Crippen LogP contribution is -2.38. The van der Waals surface area contributed by atoms with Crippen LogP contribution in [0.4, 0.5) is 23.7 Å². The number of phenols is 1. The number of carbonyl (C=O) groups excluding carboxylic acids is 3. The van der Waals surface area contributed by atoms with E-state index < -0.39 is 41.8 Å². The molecule has 0 spiro atoms. The summed E-state index contributed by atoms with van der Waals surface area (Å²) in [6.45, 7) is -0.785. The van der Waals surface area contributed by atoms with Crippen molar-refractivity contribution in [1.29, 1.82) is 0 Å². The van der Waals surface area contributed by atoms with Gasteiger partial charge in [0.05, 0.1) is 18.4 Å². The zero-order valence-corrected chi connectivity index (χ0v) is 16.0. The van der Waals surface area contributed by atoms with Crippen molar-refractivity contribution in [3.05, 3.63) is 59.3 Å². The number of amides is 4. The third kappa shape index (κ3) is 4.77. The summed E-state index contributed by atoms with van der Waals surface area (Å²) >= 11 is 0. The number of imide groups is 1. The molecule has 0 unspecified atom stereocenters. The molecule has 1 saturated heterocycles. The number of ether oxygens (including phenoxy) is 1. The van der Waals surface area contributed by atoms with Crippen molar-refractivity contribution in [2.45, 2.75) is 6.18 Å². The summed E-state index contributed by atoms with van der Waals surface area (Å²) in [7, 11) is 1.34. The number of phenolic OH excluding ortho intramolecular Hbond substituents is 1. The second kappa shape index (κ2) is 8.38. The Kier molecular flexibility index (Phi) is 5.86. The first-order valence-corrected chi connectivity index (χ1v) is 8.78. The molecule has 0 aliphatic carbocycles. The molecule has 0 atom stereocenters. The van der Waals surface area contributed by atoms with Crippen molar-refractivity contribution in [3.8, 4) is 11.5 Å². The van der Waals surface area contributed by atoms with Crippen LogP contribution in [-0.4, -0.2) is 41.5 Å². The summed E-state index contributed by atoms with van der Waals surface area (Å²) in [6.07, 6.45) is -3.38. The molecule has 162 valence electrons. The van der Waals surface area contributed by atoms with Gasteiger partial charge in [-0.2, -0.15) is 13.2 Å². The van der Waals surface area contributed by atoms with Crippen LogP contribution in [0.1, 0.15) is 11.1 Å². The van der Waals surface area contributed by atoms with Gasteiger partial charge in [0.2, 0.25) is 5.91 Å². The smallest absolute Gasteiger partial charge is 0.418 e. The minimum absolute atomic E-state index is 0.121. The first-order chi connectivity index (χ1) is 14.6. The molecule has 0 aromatic heterocycles. The van der Waals surface area contributed by atoms with E-state index in [0.717, 1.165) is 12.1 Å². The van der Waals surface area contributed by atoms with Gasteiger partial charge in [0, 0.05) is 0 Å². The number of urea groups is 1. The second-order valence-corrected chi connectivity index (χ2v) is 6.40. The molecule has 8 nitrogen and oxygen atoms in total. The molecule has 0 radical (unpaired) electrons. The maximum atomic E-state index is 13.1. The van der Waals surface area contributed by atoms with Crippen LogP contribution < -0.4 is 15.4 Å². The van der Waals surface area contributed by atoms with Crippen LogP contribution in [0.15, 0.2) is 48.2 Å². The van der Waals surface area contributed by atoms with E-state index in [1.165, 1.54) is 43.5 Å². The highest BCUT2D eigenvalue weighted by Gasteiger charge is 2.36. The summed E-state index contributed by atoms with van der Waals surface area (Å²) in [5, 5.41) is 14.0. The Morgan fingerprint density at radius 3 is 2.61 bits per heavy atom. The highest BCUT2D eigenvalue weighted by atomic mass is 19.4. The van der Waals surface area contributed by atoms with Gasteiger partial charge in [0.1, 0.15) is 12.2 Å². The van der Waals surface area contributed by atoms with Crippen LogP contribution in [-0.2, 0) is 15.8 Å². The molecule has 1 heterocycles. The molecular weight excluding hydrogens is 419 g/mol. The van der Waals surface area contributed by atoms with Crippen molar-refractivity contribution in [3.63, 3.8) is 0 Å². The van der Waals surface area contributed by atoms with E-state index in [0.29, 0.717) is 10.5 Å². The van der Waals surface area contributed by atoms with Gasteiger partial charge < -0.3 is 20.5 Å². The number of hydrogen-bond donors (Lipinski definition) is 3. The van der Waals surface area contributed by atoms with Crippen LogP contribution in [0.5, 0.6) is 11.5 Å². The van der Waals surface area contributed by atoms with Crippen LogP contribution in [0, 0.1) is 0 Å². The molecule has 11 heteroatoms. The summed E-state index contributed by atoms with van der Waals surface area (Å²) in [5.74, 6) is -1.79. The fraction of sp³-hybridized carbons (Fsp3) is 0.150. The quantitative estimate of drug-likeness (QED) is 0.495. The number of nitrogens with one attached hydrogen (secondary N) is 2. The molecule has 1 aliphatic heterocycles. The Hall–Kier alpha value is -4.02. The topological polar surface area (TPSA) is 108 Å². The molecule has 4 amide bonds. The molecular formula is C20H16F3N3O5. The highest BCUT2D eigenvalue weighted by Crippen LogP contribution is 2.34. The number of alkyl halides is 3. The van der Waals surface area contributed by atoms with Crippen LogP contribution in [0.3, 0.4) is 0 Å². The van der Waals surface area contributed by atoms with Crippen molar-refractivity contribution in [2.24, 2.45) is 0 Å². The van der Waals surface area contributed by atoms with Crippen molar-refractivity contribution in [1.82, 2.24) is 10.2 Å². The van der Waals surface area contributed by atoms with Gasteiger partial charge in [0.15, 0.2) is 11.5 Å². The number of anilines is 1. The largest absolute Gasteiger partial charge is 0.504 e. The number of aromatic hydroxyl groups is 1. The lowest BCUT2D eigenvalue weighted by molar-refractivity contribution is -0.137. The average Bonchev–Trinajstić information content (AvgIpc) is 2.96. The van der Waals surface area contributed by atoms with Gasteiger partial charge in [-0.15, -0.1) is 0 Å². The van der Waals surface area contributed by atoms with Gasteiger partial charge in [-0.3, -0.25) is 9.59 Å². The molecule has 31 heavy (non-hydrogen) atoms. The number of halogens is 3. The minimum Gasteiger partial charge on any atom is -0.504 e. The minimum atomic E-state index is -4.69. The molecule has 3 N–H and O–H groups in total. The number of hydrogen-bond acceptors (Lipinski definition) is 5. The molecule has 1 aliphatic rings. The Labute approximate surface area is 173 Å². The zero-order valence-electron chi connectivity index (χ0n) is 16.0. The fourth-order valence-corrected chi connectivity index (χ4v) is 2.84. The first kappa shape index (κ1) is 21.7. The van der Waals surface area contributed by atoms with Crippen LogP contribution in [0.2, 0.25) is 0 Å². The van der Waals surface area contributed by atoms with Gasteiger partial charge in [-0.1, -0.05) is 18.2 Å². The Morgan fingerprint density at radius 1 is 1.23 bits per heavy atom. The molecule has 0 saturated carbocycles. The maximum absolute atomic E-state index is 13.1. The Balaban J connectivity index is 1.74. The van der Waals surface area contributed by atoms with Crippen molar-refractivity contribution >= 4 is 29.6 Å². The monoisotopic (exact) mass is 435 g/mol. The summed E-state index contributed by atoms with van der Waals surface area (Å²) in [5.41, 5.74) is -1.27. The summed E-state index contributed by atoms with van der Waals surface area (Å²) < 4.78 is 44.1. The molecule has 2 aromatic carbocycles. The first-order valence-electron chi connectivity index (χ1n) is 8.78. The number of methoxy groups -OCH3 is 1. The lowest BCUT2D eigenvalue weighted by atomic mass is 10.1. The standard InChI is InChI=1S/C20H16F3N3O5/c1-31-16-9-11(6-7-15(16)27)8-14-18(29)26(19(30)25-14)10-17(28)24-13-5-3-2-4-12(13)20(21,22)23/h2-9,27H,10H2,1H3,(H,24,28)(H,25,30)/b14-8-. The second-order valence-electron chi connectivity index (χ2n) is 6.40. The normalized spacial score (nSPS) is 15.2. The molecule has 2 aromatic rings. The van der Waals surface area contributed by atoms with E-state index in [1.807, 2.05) is 0 Å². The lowest BCUT2D eigenvalue weighted by Gasteiger charge is -2.15. The third-order valence-electron chi connectivity index (χ3n) is 4.29. The number of para-hydroxylation sites is 1. The number of carbonyl (C=O) groups is 3. The van der Waals surface area contributed by atoms with Crippen LogP contribution in [0.25, 0.3) is 6.08 Å². The van der Waals surface area contributed by atoms with E-state index >= 15 is 0 Å². The van der Waals surface area contributed by atoms with Gasteiger partial charge in [0.25, 0.3) is 5.91 Å². The average molecular weight is 435 g/mol. The molecule has 0 bridgehead atoms. The van der Waals surface area contributed by atoms with Crippen molar-refractivity contribution in [2.75, 3.05) is 19.0 Å². The van der Waals surface area contributed by atoms with Gasteiger partial charge in [-0.25, -0.2) is 9.69 Å². The van der Waals surface area contributed by atoms with Gasteiger partial charge >= 0.3 is 12.2 Å². The highest BCUT2D eigenvalue weighted by molar-refractivity contribution is 6.16. The third-order valence-corrected chi connectivity index (χ3v) is 4.29. The van der Waals surface area contributed by atoms with Gasteiger partial charge in [-0.05, 0) is 35.9 Å². The van der Waals surface area contributed by atoms with E-state index in [9.17, 15) is 32.7 Å². The van der Waals surface area contributed by atoms with E-state index in [4.69, 9.17) is 4.74 Å². The molecule has 1 fully saturated rings. The number of rotatable bonds is 5. The predicted octanol–water partition coefficient (Wildman–Crippen LogP) is 2.95. The van der Waals surface area contributed by atoms with E-state index in [2.05, 4.69) is 10.6 Å². The maximum Gasteiger partial charge on any atom is 0.418 e. The van der Waals surface area contributed by atoms with E-state index in [1.54, 1.807) is 0 Å². The van der Waals surface area contributed by atoms with Crippen molar-refractivity contribution < 1.29 is 37.4 Å². The zero-order chi connectivity index (χ0) is 22.8. The SMILES string of the molecule is COc1cc(/C=C2\NC(=O)N(CC(=O)Nc3ccccc3C(F)(F)F)C2=O)ccc1O.